The number of sulfonamides is 1. The third kappa shape index (κ3) is 4.96. The minimum Gasteiger partial charge on any atom is -0.336 e. The highest BCUT2D eigenvalue weighted by atomic mass is 32.2. The van der Waals surface area contributed by atoms with Gasteiger partial charge in [-0.2, -0.15) is 5.26 Å². The maximum atomic E-state index is 12.8. The van der Waals surface area contributed by atoms with Crippen molar-refractivity contribution in [1.29, 1.82) is 5.26 Å². The van der Waals surface area contributed by atoms with Gasteiger partial charge in [0.25, 0.3) is 15.9 Å². The van der Waals surface area contributed by atoms with Crippen LogP contribution >= 0.6 is 0 Å². The van der Waals surface area contributed by atoms with Crippen LogP contribution in [0.1, 0.15) is 24.2 Å². The summed E-state index contributed by atoms with van der Waals surface area (Å²) in [6, 6.07) is 11.2. The molecular formula is C21H25N5O3S. The van der Waals surface area contributed by atoms with E-state index >= 15 is 0 Å². The summed E-state index contributed by atoms with van der Waals surface area (Å²) in [6.45, 7) is 6.39. The Morgan fingerprint density at radius 2 is 1.67 bits per heavy atom. The van der Waals surface area contributed by atoms with E-state index in [1.54, 1.807) is 17.0 Å². The van der Waals surface area contributed by atoms with Crippen LogP contribution in [-0.2, 0) is 10.0 Å². The van der Waals surface area contributed by atoms with Gasteiger partial charge in [-0.1, -0.05) is 13.8 Å². The Kier molecular flexibility index (Phi) is 6.70. The lowest BCUT2D eigenvalue weighted by molar-refractivity contribution is 0.0576. The van der Waals surface area contributed by atoms with Gasteiger partial charge in [-0.3, -0.25) is 19.4 Å². The molecule has 30 heavy (non-hydrogen) atoms. The lowest BCUT2D eigenvalue weighted by atomic mass is 10.0. The van der Waals surface area contributed by atoms with Crippen molar-refractivity contribution in [2.75, 3.05) is 30.9 Å². The van der Waals surface area contributed by atoms with Crippen LogP contribution in [0.25, 0.3) is 0 Å². The van der Waals surface area contributed by atoms with Gasteiger partial charge in [0.15, 0.2) is 0 Å². The van der Waals surface area contributed by atoms with E-state index in [1.165, 1.54) is 36.7 Å². The molecule has 1 saturated heterocycles. The third-order valence-corrected chi connectivity index (χ3v) is 6.50. The molecule has 1 aromatic carbocycles. The largest absolute Gasteiger partial charge is 0.336 e. The molecule has 0 radical (unpaired) electrons. The maximum absolute atomic E-state index is 12.8. The van der Waals surface area contributed by atoms with Gasteiger partial charge in [-0.05, 0) is 42.3 Å². The molecule has 1 aliphatic heterocycles. The number of nitrogens with zero attached hydrogens (tertiary/aromatic N) is 4. The van der Waals surface area contributed by atoms with Crippen LogP contribution in [0, 0.1) is 17.2 Å². The molecule has 1 aliphatic rings. The number of amides is 1. The normalized spacial score (nSPS) is 16.1. The fraction of sp³-hybridized carbons (Fsp3) is 0.381. The Balaban J connectivity index is 1.64. The predicted molar refractivity (Wildman–Crippen MR) is 113 cm³/mol. The highest BCUT2D eigenvalue weighted by Gasteiger charge is 2.28. The van der Waals surface area contributed by atoms with Crippen molar-refractivity contribution in [1.82, 2.24) is 14.8 Å². The van der Waals surface area contributed by atoms with Crippen molar-refractivity contribution in [2.24, 2.45) is 5.92 Å². The van der Waals surface area contributed by atoms with Crippen LogP contribution in [0.15, 0.2) is 53.7 Å². The fourth-order valence-corrected chi connectivity index (χ4v) is 4.51. The van der Waals surface area contributed by atoms with Crippen molar-refractivity contribution in [3.63, 3.8) is 0 Å². The number of hydrogen-bond donors (Lipinski definition) is 1. The van der Waals surface area contributed by atoms with Crippen LogP contribution in [-0.4, -0.2) is 61.3 Å². The van der Waals surface area contributed by atoms with Gasteiger partial charge in [-0.25, -0.2) is 8.42 Å². The highest BCUT2D eigenvalue weighted by Crippen LogP contribution is 2.18. The predicted octanol–water partition coefficient (Wildman–Crippen LogP) is 2.19. The molecule has 1 N–H and O–H groups in total. The molecule has 2 heterocycles. The summed E-state index contributed by atoms with van der Waals surface area (Å²) in [5.74, 6) is 0.0891. The molecule has 1 amide bonds. The Labute approximate surface area is 177 Å². The number of aromatic nitrogens is 1. The van der Waals surface area contributed by atoms with Crippen molar-refractivity contribution < 1.29 is 13.2 Å². The SMILES string of the molecule is CC(C)C(C#N)N1CCN(C(=O)c2ccc(S(=O)(=O)Nc3ccncc3)cc2)CC1. The van der Waals surface area contributed by atoms with E-state index < -0.39 is 10.0 Å². The van der Waals surface area contributed by atoms with E-state index in [0.29, 0.717) is 37.4 Å². The first-order valence-corrected chi connectivity index (χ1v) is 11.3. The molecule has 8 nitrogen and oxygen atoms in total. The first-order valence-electron chi connectivity index (χ1n) is 9.77. The van der Waals surface area contributed by atoms with E-state index in [4.69, 9.17) is 0 Å². The molecule has 2 aromatic rings. The number of nitrogens with one attached hydrogen (secondary N) is 1. The van der Waals surface area contributed by atoms with E-state index in [1.807, 2.05) is 13.8 Å². The molecule has 158 valence electrons. The van der Waals surface area contributed by atoms with Gasteiger partial charge in [0.05, 0.1) is 16.7 Å². The summed E-state index contributed by atoms with van der Waals surface area (Å²) in [5.41, 5.74) is 0.854. The summed E-state index contributed by atoms with van der Waals surface area (Å²) < 4.78 is 27.5. The summed E-state index contributed by atoms with van der Waals surface area (Å²) in [6.07, 6.45) is 3.00. The van der Waals surface area contributed by atoms with Crippen molar-refractivity contribution in [2.45, 2.75) is 24.8 Å². The monoisotopic (exact) mass is 427 g/mol. The number of anilines is 1. The van der Waals surface area contributed by atoms with E-state index in [-0.39, 0.29) is 22.8 Å². The number of nitriles is 1. The van der Waals surface area contributed by atoms with Gasteiger partial charge < -0.3 is 4.90 Å². The zero-order valence-electron chi connectivity index (χ0n) is 17.0. The molecule has 1 aromatic heterocycles. The molecule has 1 unspecified atom stereocenters. The molecular weight excluding hydrogens is 402 g/mol. The van der Waals surface area contributed by atoms with Crippen LogP contribution < -0.4 is 4.72 Å². The number of carbonyl (C=O) groups is 1. The Hall–Kier alpha value is -2.96. The van der Waals surface area contributed by atoms with Crippen LogP contribution in [0.2, 0.25) is 0 Å². The highest BCUT2D eigenvalue weighted by molar-refractivity contribution is 7.92. The van der Waals surface area contributed by atoms with E-state index in [0.717, 1.165) is 0 Å². The third-order valence-electron chi connectivity index (χ3n) is 5.10. The first-order chi connectivity index (χ1) is 14.3. The van der Waals surface area contributed by atoms with Gasteiger partial charge in [-0.15, -0.1) is 0 Å². The number of piperazine rings is 1. The lowest BCUT2D eigenvalue weighted by Crippen LogP contribution is -2.52. The van der Waals surface area contributed by atoms with Gasteiger partial charge in [0.1, 0.15) is 6.04 Å². The number of pyridine rings is 1. The lowest BCUT2D eigenvalue weighted by Gasteiger charge is -2.38. The Morgan fingerprint density at radius 1 is 1.07 bits per heavy atom. The number of carbonyl (C=O) groups excluding carboxylic acids is 1. The van der Waals surface area contributed by atoms with Gasteiger partial charge in [0, 0.05) is 44.1 Å². The zero-order valence-corrected chi connectivity index (χ0v) is 17.8. The van der Waals surface area contributed by atoms with Crippen molar-refractivity contribution >= 4 is 21.6 Å². The quantitative estimate of drug-likeness (QED) is 0.757. The molecule has 0 spiro atoms. The summed E-state index contributed by atoms with van der Waals surface area (Å²) in [5, 5.41) is 9.36. The van der Waals surface area contributed by atoms with Gasteiger partial charge in [0.2, 0.25) is 0 Å². The molecule has 1 atom stereocenters. The summed E-state index contributed by atoms with van der Waals surface area (Å²) >= 11 is 0. The first kappa shape index (κ1) is 21.7. The molecule has 0 aliphatic carbocycles. The number of hydrogen-bond acceptors (Lipinski definition) is 6. The Bertz CT molecular complexity index is 1010. The molecule has 0 bridgehead atoms. The smallest absolute Gasteiger partial charge is 0.261 e. The van der Waals surface area contributed by atoms with Crippen LogP contribution in [0.4, 0.5) is 5.69 Å². The number of benzene rings is 1. The second-order valence-electron chi connectivity index (χ2n) is 7.51. The minimum atomic E-state index is -3.75. The minimum absolute atomic E-state index is 0.0782. The van der Waals surface area contributed by atoms with E-state index in [9.17, 15) is 18.5 Å². The van der Waals surface area contributed by atoms with Crippen molar-refractivity contribution in [3.8, 4) is 6.07 Å². The topological polar surface area (TPSA) is 106 Å². The molecule has 3 rings (SSSR count). The Morgan fingerprint density at radius 3 is 2.20 bits per heavy atom. The van der Waals surface area contributed by atoms with Crippen LogP contribution in [0.5, 0.6) is 0 Å². The molecule has 1 fully saturated rings. The second kappa shape index (κ2) is 9.24. The summed E-state index contributed by atoms with van der Waals surface area (Å²) in [4.78, 5) is 20.6. The maximum Gasteiger partial charge on any atom is 0.261 e. The standard InChI is InChI=1S/C21H25N5O3S/c1-16(2)20(15-22)25-11-13-26(14-12-25)21(27)17-3-5-19(6-4-17)30(28,29)24-18-7-9-23-10-8-18/h3-10,16,20H,11-14H2,1-2H3,(H,23,24). The zero-order chi connectivity index (χ0) is 21.7. The second-order valence-corrected chi connectivity index (χ2v) is 9.19. The number of rotatable bonds is 6. The van der Waals surface area contributed by atoms with Crippen molar-refractivity contribution in [3.05, 3.63) is 54.4 Å². The van der Waals surface area contributed by atoms with E-state index in [2.05, 4.69) is 20.7 Å². The fourth-order valence-electron chi connectivity index (χ4n) is 3.45. The summed E-state index contributed by atoms with van der Waals surface area (Å²) in [7, 11) is -3.75. The molecule has 9 heteroatoms. The average molecular weight is 428 g/mol. The van der Waals surface area contributed by atoms with Gasteiger partial charge >= 0.3 is 0 Å². The average Bonchev–Trinajstić information content (AvgIpc) is 2.74. The molecule has 0 saturated carbocycles. The van der Waals surface area contributed by atoms with Crippen LogP contribution in [0.3, 0.4) is 0 Å².